The predicted molar refractivity (Wildman–Crippen MR) is 128 cm³/mol. The lowest BCUT2D eigenvalue weighted by Crippen LogP contribution is -2.46. The van der Waals surface area contributed by atoms with Crippen molar-refractivity contribution in [2.45, 2.75) is 6.54 Å². The topological polar surface area (TPSA) is 95.0 Å². The van der Waals surface area contributed by atoms with E-state index in [1.807, 2.05) is 19.2 Å². The van der Waals surface area contributed by atoms with E-state index in [0.717, 1.165) is 18.7 Å². The quantitative estimate of drug-likeness (QED) is 0.358. The Morgan fingerprint density at radius 3 is 2.61 bits per heavy atom. The van der Waals surface area contributed by atoms with Crippen molar-refractivity contribution in [1.29, 1.82) is 0 Å². The number of likely N-dealkylation sites (tertiary alicyclic amines) is 1. The van der Waals surface area contributed by atoms with Crippen LogP contribution in [-0.2, 0) is 11.3 Å². The summed E-state index contributed by atoms with van der Waals surface area (Å²) in [6.45, 7) is 2.74. The highest BCUT2D eigenvalue weighted by Gasteiger charge is 2.24. The van der Waals surface area contributed by atoms with Gasteiger partial charge in [0.1, 0.15) is 17.3 Å². The molecule has 1 fully saturated rings. The predicted octanol–water partition coefficient (Wildman–Crippen LogP) is 3.29. The van der Waals surface area contributed by atoms with E-state index in [1.54, 1.807) is 26.4 Å². The molecule has 0 amide bonds. The van der Waals surface area contributed by atoms with Crippen LogP contribution in [-0.4, -0.2) is 45.9 Å². The van der Waals surface area contributed by atoms with E-state index in [2.05, 4.69) is 10.2 Å². The van der Waals surface area contributed by atoms with Crippen LogP contribution in [0.4, 0.5) is 4.39 Å². The van der Waals surface area contributed by atoms with Crippen molar-refractivity contribution in [3.63, 3.8) is 0 Å². The molecule has 1 aliphatic heterocycles. The molecule has 1 saturated heterocycles. The van der Waals surface area contributed by atoms with Gasteiger partial charge in [-0.2, -0.15) is 0 Å². The lowest BCUT2D eigenvalue weighted by atomic mass is 10.0. The number of halogens is 2. The highest BCUT2D eigenvalue weighted by atomic mass is 35.5. The third-order valence-electron chi connectivity index (χ3n) is 5.38. The minimum atomic E-state index is -0.485. The molecule has 7 nitrogen and oxygen atoms in total. The number of nitrogens with two attached hydrogens (primary N) is 2. The van der Waals surface area contributed by atoms with Gasteiger partial charge in [0, 0.05) is 53.5 Å². The Balaban J connectivity index is 1.85. The van der Waals surface area contributed by atoms with Crippen molar-refractivity contribution in [1.82, 2.24) is 10.2 Å². The number of methoxy groups -OCH3 is 2. The number of nitrogens with zero attached hydrogens (tertiary/aromatic N) is 1. The minimum absolute atomic E-state index is 0.161. The van der Waals surface area contributed by atoms with Crippen LogP contribution in [0.5, 0.6) is 11.5 Å². The number of hydrogen-bond donors (Lipinski definition) is 3. The Bertz CT molecular complexity index is 1040. The highest BCUT2D eigenvalue weighted by Crippen LogP contribution is 2.25. The monoisotopic (exact) mass is 476 g/mol. The Morgan fingerprint density at radius 1 is 1.18 bits per heavy atom. The molecule has 1 aliphatic rings. The average Bonchev–Trinajstić information content (AvgIpc) is 2.79. The van der Waals surface area contributed by atoms with Gasteiger partial charge >= 0.3 is 0 Å². The fraction of sp³-hybridized carbons (Fsp3) is 0.333. The van der Waals surface area contributed by atoms with Crippen LogP contribution in [0, 0.1) is 11.7 Å². The number of ether oxygens (including phenoxy) is 3. The molecule has 9 heteroatoms. The summed E-state index contributed by atoms with van der Waals surface area (Å²) < 4.78 is 30.9. The molecule has 178 valence electrons. The van der Waals surface area contributed by atoms with Crippen LogP contribution < -0.4 is 26.3 Å². The highest BCUT2D eigenvalue weighted by molar-refractivity contribution is 6.30. The van der Waals surface area contributed by atoms with Gasteiger partial charge in [-0.25, -0.2) is 4.39 Å². The number of rotatable bonds is 10. The Kier molecular flexibility index (Phi) is 8.30. The lowest BCUT2D eigenvalue weighted by Gasteiger charge is -2.35. The van der Waals surface area contributed by atoms with E-state index >= 15 is 0 Å². The first-order valence-corrected chi connectivity index (χ1v) is 10.9. The van der Waals surface area contributed by atoms with Gasteiger partial charge in [-0.3, -0.25) is 0 Å². The fourth-order valence-corrected chi connectivity index (χ4v) is 3.74. The first-order chi connectivity index (χ1) is 15.8. The van der Waals surface area contributed by atoms with Crippen molar-refractivity contribution < 1.29 is 18.6 Å². The first kappa shape index (κ1) is 24.5. The van der Waals surface area contributed by atoms with Gasteiger partial charge in [-0.1, -0.05) is 11.6 Å². The third-order valence-corrected chi connectivity index (χ3v) is 5.62. The van der Waals surface area contributed by atoms with Crippen LogP contribution in [0.25, 0.3) is 5.70 Å². The van der Waals surface area contributed by atoms with E-state index in [-0.39, 0.29) is 17.1 Å². The van der Waals surface area contributed by atoms with E-state index in [0.29, 0.717) is 41.3 Å². The van der Waals surface area contributed by atoms with Gasteiger partial charge in [-0.15, -0.1) is 0 Å². The van der Waals surface area contributed by atoms with Gasteiger partial charge in [0.05, 0.1) is 26.5 Å². The summed E-state index contributed by atoms with van der Waals surface area (Å²) in [5.41, 5.74) is 14.1. The summed E-state index contributed by atoms with van der Waals surface area (Å²) in [4.78, 5) is 2.20. The van der Waals surface area contributed by atoms with Gasteiger partial charge in [-0.05, 0) is 43.5 Å². The molecule has 0 unspecified atom stereocenters. The molecule has 33 heavy (non-hydrogen) atoms. The summed E-state index contributed by atoms with van der Waals surface area (Å²) in [6.07, 6.45) is 1.55. The summed E-state index contributed by atoms with van der Waals surface area (Å²) in [5, 5.41) is 3.62. The SMILES string of the molecule is COc1ccc(CNC(/C=C(\N)c2cc(Cl)ccc2F)=C(/N)OCC2CN(C)C2)c(OC)c1. The molecule has 3 rings (SSSR count). The van der Waals surface area contributed by atoms with Crippen LogP contribution in [0.3, 0.4) is 0 Å². The van der Waals surface area contributed by atoms with Crippen molar-refractivity contribution in [2.75, 3.05) is 41.0 Å². The molecule has 0 spiro atoms. The van der Waals surface area contributed by atoms with Crippen molar-refractivity contribution in [3.8, 4) is 11.5 Å². The third kappa shape index (κ3) is 6.46. The maximum absolute atomic E-state index is 14.3. The van der Waals surface area contributed by atoms with E-state index in [4.69, 9.17) is 37.3 Å². The molecule has 0 saturated carbocycles. The molecule has 2 aromatic rings. The van der Waals surface area contributed by atoms with E-state index in [1.165, 1.54) is 18.2 Å². The van der Waals surface area contributed by atoms with Crippen LogP contribution in [0.2, 0.25) is 5.02 Å². The summed E-state index contributed by atoms with van der Waals surface area (Å²) in [5.74, 6) is 1.42. The molecule has 1 heterocycles. The molecule has 2 aromatic carbocycles. The second-order valence-electron chi connectivity index (χ2n) is 7.93. The molecule has 0 aliphatic carbocycles. The molecule has 0 bridgehead atoms. The number of allylic oxidation sites excluding steroid dienone is 1. The number of nitrogens with one attached hydrogen (secondary N) is 1. The summed E-state index contributed by atoms with van der Waals surface area (Å²) >= 11 is 6.02. The smallest absolute Gasteiger partial charge is 0.208 e. The maximum Gasteiger partial charge on any atom is 0.208 e. The average molecular weight is 477 g/mol. The largest absolute Gasteiger partial charge is 0.497 e. The van der Waals surface area contributed by atoms with Gasteiger partial charge in [0.2, 0.25) is 5.88 Å². The van der Waals surface area contributed by atoms with Crippen molar-refractivity contribution in [3.05, 3.63) is 76.0 Å². The van der Waals surface area contributed by atoms with Gasteiger partial charge in [0.15, 0.2) is 0 Å². The van der Waals surface area contributed by atoms with Crippen molar-refractivity contribution in [2.24, 2.45) is 17.4 Å². The van der Waals surface area contributed by atoms with E-state index in [9.17, 15) is 4.39 Å². The Labute approximate surface area is 198 Å². The van der Waals surface area contributed by atoms with Gasteiger partial charge < -0.3 is 35.9 Å². The summed E-state index contributed by atoms with van der Waals surface area (Å²) in [7, 11) is 5.23. The lowest BCUT2D eigenvalue weighted by molar-refractivity contribution is 0.0553. The zero-order valence-electron chi connectivity index (χ0n) is 19.0. The van der Waals surface area contributed by atoms with Crippen LogP contribution >= 0.6 is 11.6 Å². The fourth-order valence-electron chi connectivity index (χ4n) is 3.57. The standard InChI is InChI=1S/C24H30ClFN4O3/c1-30-12-15(13-30)14-33-24(28)22(10-21(27)19-8-17(25)5-7-20(19)26)29-11-16-4-6-18(31-2)9-23(16)32-3/h4-10,15,29H,11-14,27-28H2,1-3H3/b21-10-,24-22-. The molecule has 0 radical (unpaired) electrons. The second-order valence-corrected chi connectivity index (χ2v) is 8.37. The first-order valence-electron chi connectivity index (χ1n) is 10.5. The summed E-state index contributed by atoms with van der Waals surface area (Å²) in [6, 6.07) is 9.71. The number of benzene rings is 2. The molecular weight excluding hydrogens is 447 g/mol. The van der Waals surface area contributed by atoms with Crippen molar-refractivity contribution >= 4 is 17.3 Å². The Morgan fingerprint density at radius 2 is 1.94 bits per heavy atom. The second kappa shape index (κ2) is 11.2. The zero-order valence-corrected chi connectivity index (χ0v) is 19.8. The molecule has 0 atom stereocenters. The van der Waals surface area contributed by atoms with Crippen LogP contribution in [0.15, 0.2) is 54.1 Å². The normalized spacial score (nSPS) is 15.5. The maximum atomic E-state index is 14.3. The number of hydrogen-bond acceptors (Lipinski definition) is 7. The molecule has 0 aromatic heterocycles. The van der Waals surface area contributed by atoms with Crippen LogP contribution in [0.1, 0.15) is 11.1 Å². The molecule has 5 N–H and O–H groups in total. The zero-order chi connectivity index (χ0) is 24.0. The Hall–Kier alpha value is -3.10. The molecular formula is C24H30ClFN4O3. The van der Waals surface area contributed by atoms with E-state index < -0.39 is 5.82 Å². The minimum Gasteiger partial charge on any atom is -0.497 e. The van der Waals surface area contributed by atoms with Gasteiger partial charge in [0.25, 0.3) is 0 Å².